The first-order valence-corrected chi connectivity index (χ1v) is 7.63. The van der Waals surface area contributed by atoms with Gasteiger partial charge in [0.15, 0.2) is 6.54 Å². The lowest BCUT2D eigenvalue weighted by molar-refractivity contribution is -0.897. The van der Waals surface area contributed by atoms with Gasteiger partial charge in [0.2, 0.25) is 5.91 Å². The van der Waals surface area contributed by atoms with Gasteiger partial charge >= 0.3 is 0 Å². The molecule has 0 saturated carbocycles. The molecule has 0 bridgehead atoms. The fourth-order valence-electron chi connectivity index (χ4n) is 2.50. The third-order valence-corrected chi connectivity index (χ3v) is 4.20. The van der Waals surface area contributed by atoms with Gasteiger partial charge in [-0.3, -0.25) is 9.59 Å². The fourth-order valence-corrected chi connectivity index (χ4v) is 2.83. The summed E-state index contributed by atoms with van der Waals surface area (Å²) >= 11 is 3.16. The molecule has 2 amide bonds. The zero-order chi connectivity index (χ0) is 15.4. The first kappa shape index (κ1) is 15.9. The van der Waals surface area contributed by atoms with E-state index in [9.17, 15) is 14.0 Å². The van der Waals surface area contributed by atoms with Crippen molar-refractivity contribution in [2.75, 3.05) is 25.0 Å². The van der Waals surface area contributed by atoms with Crippen LogP contribution in [0.1, 0.15) is 12.8 Å². The van der Waals surface area contributed by atoms with E-state index in [1.165, 1.54) is 12.1 Å². The van der Waals surface area contributed by atoms with Crippen molar-refractivity contribution in [3.05, 3.63) is 28.5 Å². The van der Waals surface area contributed by atoms with Crippen molar-refractivity contribution in [2.24, 2.45) is 11.7 Å². The minimum atomic E-state index is -0.472. The number of primary amides is 1. The highest BCUT2D eigenvalue weighted by Gasteiger charge is 2.27. The Morgan fingerprint density at radius 2 is 2.05 bits per heavy atom. The number of rotatable bonds is 4. The average Bonchev–Trinajstić information content (AvgIpc) is 2.42. The summed E-state index contributed by atoms with van der Waals surface area (Å²) in [4.78, 5) is 24.1. The van der Waals surface area contributed by atoms with Crippen LogP contribution in [0.2, 0.25) is 0 Å². The lowest BCUT2D eigenvalue weighted by Crippen LogP contribution is -3.14. The van der Waals surface area contributed by atoms with Crippen molar-refractivity contribution in [3.8, 4) is 0 Å². The predicted octanol–water partition coefficient (Wildman–Crippen LogP) is 0.307. The molecule has 4 N–H and O–H groups in total. The number of piperidine rings is 1. The van der Waals surface area contributed by atoms with E-state index in [-0.39, 0.29) is 30.0 Å². The van der Waals surface area contributed by atoms with Crippen LogP contribution in [-0.2, 0) is 9.59 Å². The predicted molar refractivity (Wildman–Crippen MR) is 80.2 cm³/mol. The van der Waals surface area contributed by atoms with Crippen LogP contribution in [0.25, 0.3) is 0 Å². The standard InChI is InChI=1S/C14H17BrFN3O2/c15-10-1-2-12(11(16)7-10)18-13(20)8-19-5-3-9(4-6-19)14(17)21/h1-2,7,9H,3-6,8H2,(H2,17,21)(H,18,20)/p+1. The van der Waals surface area contributed by atoms with Gasteiger partial charge in [0.25, 0.3) is 5.91 Å². The maximum atomic E-state index is 13.6. The molecule has 1 aliphatic rings. The summed E-state index contributed by atoms with van der Waals surface area (Å²) in [5, 5.41) is 2.57. The summed E-state index contributed by atoms with van der Waals surface area (Å²) in [5.41, 5.74) is 5.45. The topological polar surface area (TPSA) is 76.6 Å². The molecule has 0 unspecified atom stereocenters. The lowest BCUT2D eigenvalue weighted by Gasteiger charge is -2.27. The first-order chi connectivity index (χ1) is 9.95. The molecule has 1 aromatic rings. The molecular weight excluding hydrogens is 341 g/mol. The Hall–Kier alpha value is -1.47. The lowest BCUT2D eigenvalue weighted by atomic mass is 9.96. The van der Waals surface area contributed by atoms with Crippen molar-refractivity contribution < 1.29 is 18.9 Å². The summed E-state index contributed by atoms with van der Waals surface area (Å²) < 4.78 is 14.2. The highest BCUT2D eigenvalue weighted by atomic mass is 79.9. The van der Waals surface area contributed by atoms with Crippen molar-refractivity contribution in [3.63, 3.8) is 0 Å². The summed E-state index contributed by atoms with van der Waals surface area (Å²) in [7, 11) is 0. The van der Waals surface area contributed by atoms with Crippen molar-refractivity contribution in [1.29, 1.82) is 0 Å². The quantitative estimate of drug-likeness (QED) is 0.724. The first-order valence-electron chi connectivity index (χ1n) is 6.83. The van der Waals surface area contributed by atoms with E-state index >= 15 is 0 Å². The highest BCUT2D eigenvalue weighted by Crippen LogP contribution is 2.19. The van der Waals surface area contributed by atoms with Crippen LogP contribution in [0.15, 0.2) is 22.7 Å². The molecule has 21 heavy (non-hydrogen) atoms. The molecule has 0 aliphatic carbocycles. The van der Waals surface area contributed by atoms with Gasteiger partial charge in [-0.25, -0.2) is 4.39 Å². The zero-order valence-electron chi connectivity index (χ0n) is 11.5. The molecule has 1 aliphatic heterocycles. The Morgan fingerprint density at radius 1 is 1.38 bits per heavy atom. The van der Waals surface area contributed by atoms with E-state index in [1.54, 1.807) is 6.07 Å². The van der Waals surface area contributed by atoms with Gasteiger partial charge in [0.05, 0.1) is 18.8 Å². The Morgan fingerprint density at radius 3 is 2.62 bits per heavy atom. The van der Waals surface area contributed by atoms with Crippen molar-refractivity contribution in [1.82, 2.24) is 0 Å². The smallest absolute Gasteiger partial charge is 0.279 e. The van der Waals surface area contributed by atoms with E-state index in [0.717, 1.165) is 18.0 Å². The molecule has 1 fully saturated rings. The number of halogens is 2. The molecule has 1 heterocycles. The third-order valence-electron chi connectivity index (χ3n) is 3.71. The molecule has 1 saturated heterocycles. The molecule has 0 atom stereocenters. The largest absolute Gasteiger partial charge is 0.369 e. The second-order valence-corrected chi connectivity index (χ2v) is 6.19. The number of anilines is 1. The Labute approximate surface area is 130 Å². The van der Waals surface area contributed by atoms with Crippen LogP contribution in [-0.4, -0.2) is 31.4 Å². The van der Waals surface area contributed by atoms with Gasteiger partial charge < -0.3 is 16.0 Å². The van der Waals surface area contributed by atoms with E-state index in [0.29, 0.717) is 17.3 Å². The number of amides is 2. The highest BCUT2D eigenvalue weighted by molar-refractivity contribution is 9.10. The number of likely N-dealkylation sites (tertiary alicyclic amines) is 1. The van der Waals surface area contributed by atoms with Crippen LogP contribution in [0, 0.1) is 11.7 Å². The maximum absolute atomic E-state index is 13.6. The normalized spacial score (nSPS) is 21.8. The zero-order valence-corrected chi connectivity index (χ0v) is 13.1. The number of hydrogen-bond donors (Lipinski definition) is 3. The number of hydrogen-bond acceptors (Lipinski definition) is 2. The van der Waals surface area contributed by atoms with Crippen molar-refractivity contribution in [2.45, 2.75) is 12.8 Å². The van der Waals surface area contributed by atoms with Gasteiger partial charge in [-0.15, -0.1) is 0 Å². The maximum Gasteiger partial charge on any atom is 0.279 e. The van der Waals surface area contributed by atoms with Crippen LogP contribution in [0.3, 0.4) is 0 Å². The van der Waals surface area contributed by atoms with E-state index in [2.05, 4.69) is 21.2 Å². The Kier molecular flexibility index (Phi) is 5.30. The molecule has 0 aromatic heterocycles. The van der Waals surface area contributed by atoms with Crippen LogP contribution in [0.5, 0.6) is 0 Å². The number of benzene rings is 1. The number of carbonyl (C=O) groups is 2. The van der Waals surface area contributed by atoms with E-state index in [1.807, 2.05) is 0 Å². The van der Waals surface area contributed by atoms with Gasteiger partial charge in [-0.1, -0.05) is 15.9 Å². The number of nitrogens with one attached hydrogen (secondary N) is 2. The molecule has 7 heteroatoms. The summed E-state index contributed by atoms with van der Waals surface area (Å²) in [6.45, 7) is 1.72. The molecule has 2 rings (SSSR count). The average molecular weight is 359 g/mol. The van der Waals surface area contributed by atoms with Gasteiger partial charge in [0, 0.05) is 23.2 Å². The Bertz CT molecular complexity index is 545. The van der Waals surface area contributed by atoms with Crippen LogP contribution in [0.4, 0.5) is 10.1 Å². The SMILES string of the molecule is NC(=O)C1CC[NH+](CC(=O)Nc2ccc(Br)cc2F)CC1. The Balaban J connectivity index is 1.84. The molecule has 0 spiro atoms. The van der Waals surface area contributed by atoms with Crippen LogP contribution >= 0.6 is 15.9 Å². The third kappa shape index (κ3) is 4.50. The molecule has 1 aromatic carbocycles. The number of nitrogens with two attached hydrogens (primary N) is 1. The minimum Gasteiger partial charge on any atom is -0.369 e. The van der Waals surface area contributed by atoms with Gasteiger partial charge in [-0.2, -0.15) is 0 Å². The molecule has 0 radical (unpaired) electrons. The second-order valence-electron chi connectivity index (χ2n) is 5.28. The minimum absolute atomic E-state index is 0.0827. The monoisotopic (exact) mass is 358 g/mol. The number of carbonyl (C=O) groups excluding carboxylic acids is 2. The van der Waals surface area contributed by atoms with E-state index < -0.39 is 5.82 Å². The summed E-state index contributed by atoms with van der Waals surface area (Å²) in [5.74, 6) is -1.06. The summed E-state index contributed by atoms with van der Waals surface area (Å²) in [6, 6.07) is 4.50. The molecule has 114 valence electrons. The molecular formula is C14H18BrFN3O2+. The van der Waals surface area contributed by atoms with Crippen molar-refractivity contribution >= 4 is 33.4 Å². The number of quaternary nitrogens is 1. The van der Waals surface area contributed by atoms with Gasteiger partial charge in [0.1, 0.15) is 5.82 Å². The summed E-state index contributed by atoms with van der Waals surface area (Å²) in [6.07, 6.45) is 1.40. The molecule has 5 nitrogen and oxygen atoms in total. The second kappa shape index (κ2) is 7.00. The fraction of sp³-hybridized carbons (Fsp3) is 0.429. The van der Waals surface area contributed by atoms with Crippen LogP contribution < -0.4 is 16.0 Å². The van der Waals surface area contributed by atoms with Gasteiger partial charge in [-0.05, 0) is 18.2 Å². The van der Waals surface area contributed by atoms with E-state index in [4.69, 9.17) is 5.73 Å².